The van der Waals surface area contributed by atoms with Gasteiger partial charge in [0, 0.05) is 63.0 Å². The summed E-state index contributed by atoms with van der Waals surface area (Å²) in [7, 11) is 0. The number of thiocarbonyl (C=S) groups is 1. The van der Waals surface area contributed by atoms with Crippen LogP contribution in [0.25, 0.3) is 0 Å². The van der Waals surface area contributed by atoms with Crippen LogP contribution in [-0.4, -0.2) is 60.9 Å². The fraction of sp³-hybridized carbons (Fsp3) is 0.469. The summed E-state index contributed by atoms with van der Waals surface area (Å²) in [6.45, 7) is 6.69. The van der Waals surface area contributed by atoms with E-state index in [0.717, 1.165) is 57.4 Å². The van der Waals surface area contributed by atoms with Crippen LogP contribution < -0.4 is 25.3 Å². The molecule has 3 heterocycles. The third-order valence-corrected chi connectivity index (χ3v) is 9.11. The number of rotatable bonds is 7. The maximum absolute atomic E-state index is 5.82. The molecule has 2 aromatic carbocycles. The Hall–Kier alpha value is -3.39. The van der Waals surface area contributed by atoms with Crippen LogP contribution in [0.5, 0.6) is 0 Å². The van der Waals surface area contributed by atoms with E-state index >= 15 is 0 Å². The molecule has 0 amide bonds. The van der Waals surface area contributed by atoms with E-state index in [9.17, 15) is 0 Å². The van der Waals surface area contributed by atoms with Gasteiger partial charge in [-0.05, 0) is 55.6 Å². The second-order valence-electron chi connectivity index (χ2n) is 11.4. The van der Waals surface area contributed by atoms with Crippen molar-refractivity contribution in [3.63, 3.8) is 0 Å². The van der Waals surface area contributed by atoms with Gasteiger partial charge in [-0.25, -0.2) is 0 Å². The van der Waals surface area contributed by atoms with E-state index in [1.54, 1.807) is 0 Å². The van der Waals surface area contributed by atoms with Crippen LogP contribution >= 0.6 is 12.2 Å². The first-order valence-electron chi connectivity index (χ1n) is 15.0. The molecule has 0 bridgehead atoms. The summed E-state index contributed by atoms with van der Waals surface area (Å²) in [6.07, 6.45) is 8.63. The molecule has 0 radical (unpaired) electrons. The number of hydrogen-bond acceptors (Lipinski definition) is 6. The van der Waals surface area contributed by atoms with E-state index in [4.69, 9.17) is 22.2 Å². The van der Waals surface area contributed by atoms with Gasteiger partial charge in [0.25, 0.3) is 0 Å². The van der Waals surface area contributed by atoms with Gasteiger partial charge in [0.15, 0.2) is 5.11 Å². The fourth-order valence-electron chi connectivity index (χ4n) is 6.56. The highest BCUT2D eigenvalue weighted by Gasteiger charge is 2.34. The smallest absolute Gasteiger partial charge is 0.232 e. The quantitative estimate of drug-likeness (QED) is 0.366. The number of benzene rings is 2. The minimum Gasteiger partial charge on any atom is -0.368 e. The predicted octanol–water partition coefficient (Wildman–Crippen LogP) is 5.59. The standard InChI is InChI=1S/C32H41N7S/c40-31(33-25-32(16-8-3-9-17-32)26-12-4-1-5-13-26)36-30-34-28(38-18-10-11-19-38)24-29(35-30)39-22-20-37(21-23-39)27-14-6-2-7-15-27/h1-2,4-7,12-15,24H,3,8-11,16-23,25H2,(H2,33,34,35,36,40). The van der Waals surface area contributed by atoms with Gasteiger partial charge >= 0.3 is 0 Å². The Morgan fingerprint density at radius 1 is 0.700 bits per heavy atom. The van der Waals surface area contributed by atoms with E-state index in [0.29, 0.717) is 11.1 Å². The molecular weight excluding hydrogens is 514 g/mol. The van der Waals surface area contributed by atoms with Crippen molar-refractivity contribution >= 4 is 40.6 Å². The van der Waals surface area contributed by atoms with Crippen LogP contribution in [0, 0.1) is 0 Å². The van der Waals surface area contributed by atoms with Gasteiger partial charge in [0.1, 0.15) is 11.6 Å². The topological polar surface area (TPSA) is 59.6 Å². The van der Waals surface area contributed by atoms with Crippen LogP contribution in [0.15, 0.2) is 66.7 Å². The van der Waals surface area contributed by atoms with Crippen LogP contribution in [-0.2, 0) is 5.41 Å². The Morgan fingerprint density at radius 2 is 1.27 bits per heavy atom. The summed E-state index contributed by atoms with van der Waals surface area (Å²) in [5.41, 5.74) is 2.81. The molecule has 0 unspecified atom stereocenters. The minimum atomic E-state index is 0.118. The van der Waals surface area contributed by atoms with E-state index in [2.05, 4.69) is 92.1 Å². The SMILES string of the molecule is S=C(NCC1(c2ccccc2)CCCCC1)Nc1nc(N2CCCC2)cc(N2CCN(c3ccccc3)CC2)n1. The predicted molar refractivity (Wildman–Crippen MR) is 170 cm³/mol. The van der Waals surface area contributed by atoms with Crippen LogP contribution in [0.1, 0.15) is 50.5 Å². The number of anilines is 4. The Bertz CT molecular complexity index is 1250. The molecule has 210 valence electrons. The Morgan fingerprint density at radius 3 is 1.93 bits per heavy atom. The fourth-order valence-corrected chi connectivity index (χ4v) is 6.73. The van der Waals surface area contributed by atoms with Gasteiger partial charge in [0.2, 0.25) is 5.95 Å². The normalized spacial score (nSPS) is 18.9. The van der Waals surface area contributed by atoms with E-state index in [-0.39, 0.29) is 5.41 Å². The second kappa shape index (κ2) is 12.4. The average molecular weight is 556 g/mol. The Kier molecular flexibility index (Phi) is 8.32. The van der Waals surface area contributed by atoms with Crippen molar-refractivity contribution in [2.45, 2.75) is 50.4 Å². The van der Waals surface area contributed by atoms with Crippen molar-refractivity contribution < 1.29 is 0 Å². The molecule has 0 atom stereocenters. The van der Waals surface area contributed by atoms with Gasteiger partial charge in [-0.15, -0.1) is 0 Å². The van der Waals surface area contributed by atoms with E-state index in [1.807, 2.05) is 0 Å². The molecule has 3 fully saturated rings. The summed E-state index contributed by atoms with van der Waals surface area (Å²) in [5, 5.41) is 7.52. The summed E-state index contributed by atoms with van der Waals surface area (Å²) >= 11 is 5.82. The van der Waals surface area contributed by atoms with Gasteiger partial charge in [-0.1, -0.05) is 67.8 Å². The summed E-state index contributed by atoms with van der Waals surface area (Å²) in [5.74, 6) is 2.55. The van der Waals surface area contributed by atoms with Gasteiger partial charge < -0.3 is 25.3 Å². The summed E-state index contributed by atoms with van der Waals surface area (Å²) in [4.78, 5) is 17.1. The first-order chi connectivity index (χ1) is 19.7. The highest BCUT2D eigenvalue weighted by Crippen LogP contribution is 2.39. The van der Waals surface area contributed by atoms with E-state index in [1.165, 1.54) is 56.2 Å². The molecule has 3 aromatic rings. The van der Waals surface area contributed by atoms with Crippen LogP contribution in [0.4, 0.5) is 23.3 Å². The van der Waals surface area contributed by atoms with Crippen molar-refractivity contribution in [3.8, 4) is 0 Å². The zero-order chi connectivity index (χ0) is 27.2. The van der Waals surface area contributed by atoms with Crippen LogP contribution in [0.3, 0.4) is 0 Å². The second-order valence-corrected chi connectivity index (χ2v) is 11.8. The molecule has 2 saturated heterocycles. The number of hydrogen-bond donors (Lipinski definition) is 2. The molecule has 40 heavy (non-hydrogen) atoms. The lowest BCUT2D eigenvalue weighted by molar-refractivity contribution is 0.292. The van der Waals surface area contributed by atoms with Crippen molar-refractivity contribution in [2.75, 3.05) is 65.8 Å². The van der Waals surface area contributed by atoms with Gasteiger partial charge in [-0.2, -0.15) is 9.97 Å². The molecular formula is C32H41N7S. The van der Waals surface area contributed by atoms with Gasteiger partial charge in [-0.3, -0.25) is 0 Å². The molecule has 1 aliphatic carbocycles. The monoisotopic (exact) mass is 555 g/mol. The third kappa shape index (κ3) is 6.17. The van der Waals surface area contributed by atoms with Crippen molar-refractivity contribution in [1.29, 1.82) is 0 Å². The first kappa shape index (κ1) is 26.8. The molecule has 2 N–H and O–H groups in total. The third-order valence-electron chi connectivity index (χ3n) is 8.86. The molecule has 0 spiro atoms. The Labute approximate surface area is 244 Å². The number of piperazine rings is 1. The number of aromatic nitrogens is 2. The van der Waals surface area contributed by atoms with Crippen LogP contribution in [0.2, 0.25) is 0 Å². The highest BCUT2D eigenvalue weighted by atomic mass is 32.1. The zero-order valence-electron chi connectivity index (χ0n) is 23.4. The summed E-state index contributed by atoms with van der Waals surface area (Å²) < 4.78 is 0. The highest BCUT2D eigenvalue weighted by molar-refractivity contribution is 7.80. The van der Waals surface area contributed by atoms with Gasteiger partial charge in [0.05, 0.1) is 0 Å². The lowest BCUT2D eigenvalue weighted by Crippen LogP contribution is -2.47. The van der Waals surface area contributed by atoms with Crippen molar-refractivity contribution in [2.24, 2.45) is 0 Å². The maximum Gasteiger partial charge on any atom is 0.232 e. The lowest BCUT2D eigenvalue weighted by Gasteiger charge is -2.38. The largest absolute Gasteiger partial charge is 0.368 e. The number of para-hydroxylation sites is 1. The summed E-state index contributed by atoms with van der Waals surface area (Å²) in [6, 6.07) is 23.8. The first-order valence-corrected chi connectivity index (χ1v) is 15.4. The van der Waals surface area contributed by atoms with Crippen molar-refractivity contribution in [3.05, 3.63) is 72.3 Å². The number of nitrogens with zero attached hydrogens (tertiary/aromatic N) is 5. The average Bonchev–Trinajstić information content (AvgIpc) is 3.57. The molecule has 8 heteroatoms. The maximum atomic E-state index is 5.82. The number of nitrogens with one attached hydrogen (secondary N) is 2. The molecule has 7 nitrogen and oxygen atoms in total. The molecule has 1 saturated carbocycles. The van der Waals surface area contributed by atoms with E-state index < -0.39 is 0 Å². The Balaban J connectivity index is 1.15. The molecule has 6 rings (SSSR count). The zero-order valence-corrected chi connectivity index (χ0v) is 24.2. The van der Waals surface area contributed by atoms with Crippen molar-refractivity contribution in [1.82, 2.24) is 15.3 Å². The minimum absolute atomic E-state index is 0.118. The molecule has 3 aliphatic rings. The molecule has 2 aliphatic heterocycles. The molecule has 1 aromatic heterocycles. The lowest BCUT2D eigenvalue weighted by atomic mass is 9.69.